The summed E-state index contributed by atoms with van der Waals surface area (Å²) in [7, 11) is 2.36. The Morgan fingerprint density at radius 3 is 2.20 bits per heavy atom. The van der Waals surface area contributed by atoms with Gasteiger partial charge in [0.2, 0.25) is 0 Å². The molecule has 2 unspecified atom stereocenters. The first kappa shape index (κ1) is 13.1. The molecule has 0 saturated carbocycles. The fraction of sp³-hybridized carbons (Fsp3) is 1.00. The standard InChI is InChI=1S/C9H21NO4Si/c1-11-15(12-2,13-3)9(4-5-10)6-8-7-14-8/h8-9H,4-7,10H2,1-3H3. The van der Waals surface area contributed by atoms with Crippen molar-refractivity contribution in [1.29, 1.82) is 0 Å². The van der Waals surface area contributed by atoms with Crippen LogP contribution < -0.4 is 5.73 Å². The van der Waals surface area contributed by atoms with Gasteiger partial charge in [0.15, 0.2) is 0 Å². The van der Waals surface area contributed by atoms with Gasteiger partial charge in [-0.15, -0.1) is 0 Å². The molecule has 1 saturated heterocycles. The Hall–Kier alpha value is 0.0169. The summed E-state index contributed by atoms with van der Waals surface area (Å²) in [5, 5.41) is 0. The van der Waals surface area contributed by atoms with E-state index in [2.05, 4.69) is 0 Å². The molecule has 0 aliphatic carbocycles. The molecule has 2 N–H and O–H groups in total. The number of epoxide rings is 1. The summed E-state index contributed by atoms with van der Waals surface area (Å²) >= 11 is 0. The molecule has 1 aliphatic rings. The number of nitrogens with two attached hydrogens (primary N) is 1. The lowest BCUT2D eigenvalue weighted by Gasteiger charge is -2.32. The highest BCUT2D eigenvalue weighted by atomic mass is 28.4. The van der Waals surface area contributed by atoms with Crippen molar-refractivity contribution < 1.29 is 18.0 Å². The Kier molecular flexibility index (Phi) is 5.17. The normalized spacial score (nSPS) is 22.8. The highest BCUT2D eigenvalue weighted by Crippen LogP contribution is 2.35. The van der Waals surface area contributed by atoms with Crippen LogP contribution in [0.15, 0.2) is 0 Å². The zero-order valence-electron chi connectivity index (χ0n) is 9.69. The molecule has 15 heavy (non-hydrogen) atoms. The molecule has 2 atom stereocenters. The topological polar surface area (TPSA) is 66.2 Å². The molecule has 5 nitrogen and oxygen atoms in total. The fourth-order valence-electron chi connectivity index (χ4n) is 1.91. The summed E-state index contributed by atoms with van der Waals surface area (Å²) in [4.78, 5) is 0. The highest BCUT2D eigenvalue weighted by Gasteiger charge is 2.48. The fourth-order valence-corrected chi connectivity index (χ4v) is 4.48. The van der Waals surface area contributed by atoms with Crippen molar-refractivity contribution in [3.63, 3.8) is 0 Å². The summed E-state index contributed by atoms with van der Waals surface area (Å²) in [6.45, 7) is 1.45. The maximum absolute atomic E-state index is 5.60. The lowest BCUT2D eigenvalue weighted by molar-refractivity contribution is 0.107. The molecule has 1 rings (SSSR count). The maximum atomic E-state index is 5.60. The zero-order chi connectivity index (χ0) is 11.3. The molecule has 1 aliphatic heterocycles. The van der Waals surface area contributed by atoms with Crippen molar-refractivity contribution in [3.8, 4) is 0 Å². The Labute approximate surface area is 92.2 Å². The van der Waals surface area contributed by atoms with E-state index in [9.17, 15) is 0 Å². The SMILES string of the molecule is CO[Si](OC)(OC)C(CCN)CC1CO1. The second kappa shape index (κ2) is 5.93. The number of hydrogen-bond acceptors (Lipinski definition) is 5. The predicted molar refractivity (Wildman–Crippen MR) is 58.6 cm³/mol. The lowest BCUT2D eigenvalue weighted by Crippen LogP contribution is -2.48. The minimum absolute atomic E-state index is 0.231. The summed E-state index contributed by atoms with van der Waals surface area (Å²) in [6, 6.07) is 0. The van der Waals surface area contributed by atoms with E-state index in [1.165, 1.54) is 0 Å². The molecule has 0 aromatic carbocycles. The van der Waals surface area contributed by atoms with Crippen molar-refractivity contribution >= 4 is 8.80 Å². The van der Waals surface area contributed by atoms with Crippen LogP contribution >= 0.6 is 0 Å². The monoisotopic (exact) mass is 235 g/mol. The van der Waals surface area contributed by atoms with Gasteiger partial charge in [0.05, 0.1) is 12.7 Å². The minimum atomic E-state index is -2.55. The molecule has 0 bridgehead atoms. The zero-order valence-corrected chi connectivity index (χ0v) is 10.7. The van der Waals surface area contributed by atoms with Crippen LogP contribution in [0.1, 0.15) is 12.8 Å². The summed E-state index contributed by atoms with van der Waals surface area (Å²) in [5.41, 5.74) is 5.83. The average molecular weight is 235 g/mol. The van der Waals surface area contributed by atoms with Gasteiger partial charge in [-0.2, -0.15) is 0 Å². The van der Waals surface area contributed by atoms with Crippen LogP contribution in [0.2, 0.25) is 5.54 Å². The van der Waals surface area contributed by atoms with E-state index >= 15 is 0 Å². The van der Waals surface area contributed by atoms with E-state index in [1.807, 2.05) is 0 Å². The number of rotatable bonds is 8. The van der Waals surface area contributed by atoms with Crippen molar-refractivity contribution in [2.24, 2.45) is 5.73 Å². The van der Waals surface area contributed by atoms with Gasteiger partial charge in [-0.1, -0.05) is 0 Å². The Bertz CT molecular complexity index is 177. The van der Waals surface area contributed by atoms with E-state index in [0.29, 0.717) is 12.6 Å². The summed E-state index contributed by atoms with van der Waals surface area (Å²) in [6.07, 6.45) is 2.11. The van der Waals surface area contributed by atoms with Gasteiger partial charge in [-0.3, -0.25) is 0 Å². The third kappa shape index (κ3) is 3.23. The van der Waals surface area contributed by atoms with Crippen LogP contribution in [0.3, 0.4) is 0 Å². The molecule has 90 valence electrons. The van der Waals surface area contributed by atoms with Crippen molar-refractivity contribution in [2.75, 3.05) is 34.5 Å². The first-order chi connectivity index (χ1) is 7.22. The molecular weight excluding hydrogens is 214 g/mol. The smallest absolute Gasteiger partial charge is 0.377 e. The quantitative estimate of drug-likeness (QED) is 0.486. The third-order valence-electron chi connectivity index (χ3n) is 2.82. The Balaban J connectivity index is 2.62. The van der Waals surface area contributed by atoms with Crippen LogP contribution in [-0.2, 0) is 18.0 Å². The molecule has 0 radical (unpaired) electrons. The lowest BCUT2D eigenvalue weighted by atomic mass is 10.2. The summed E-state index contributed by atoms with van der Waals surface area (Å²) < 4.78 is 21.6. The van der Waals surface area contributed by atoms with Gasteiger partial charge in [-0.05, 0) is 19.4 Å². The van der Waals surface area contributed by atoms with Crippen LogP contribution in [0.4, 0.5) is 0 Å². The van der Waals surface area contributed by atoms with Crippen molar-refractivity contribution in [1.82, 2.24) is 0 Å². The largest absolute Gasteiger partial charge is 0.503 e. The van der Waals surface area contributed by atoms with Gasteiger partial charge in [0.1, 0.15) is 0 Å². The van der Waals surface area contributed by atoms with Crippen LogP contribution in [0, 0.1) is 0 Å². The van der Waals surface area contributed by atoms with Gasteiger partial charge in [0, 0.05) is 26.9 Å². The molecule has 0 spiro atoms. The van der Waals surface area contributed by atoms with E-state index < -0.39 is 8.80 Å². The van der Waals surface area contributed by atoms with Crippen LogP contribution in [0.5, 0.6) is 0 Å². The molecule has 6 heteroatoms. The second-order valence-corrected chi connectivity index (χ2v) is 6.93. The average Bonchev–Trinajstić information content (AvgIpc) is 3.05. The van der Waals surface area contributed by atoms with Gasteiger partial charge >= 0.3 is 8.80 Å². The van der Waals surface area contributed by atoms with Crippen molar-refractivity contribution in [3.05, 3.63) is 0 Å². The highest BCUT2D eigenvalue weighted by molar-refractivity contribution is 6.62. The second-order valence-electron chi connectivity index (χ2n) is 3.68. The Morgan fingerprint density at radius 2 is 1.87 bits per heavy atom. The third-order valence-corrected chi connectivity index (χ3v) is 6.05. The summed E-state index contributed by atoms with van der Waals surface area (Å²) in [5.74, 6) is 0. The number of ether oxygens (including phenoxy) is 1. The minimum Gasteiger partial charge on any atom is -0.377 e. The maximum Gasteiger partial charge on any atom is 0.503 e. The van der Waals surface area contributed by atoms with Gasteiger partial charge in [-0.25, -0.2) is 0 Å². The molecular formula is C9H21NO4Si. The van der Waals surface area contributed by atoms with E-state index in [4.69, 9.17) is 23.7 Å². The first-order valence-electron chi connectivity index (χ1n) is 5.19. The van der Waals surface area contributed by atoms with Gasteiger partial charge < -0.3 is 23.7 Å². The van der Waals surface area contributed by atoms with Gasteiger partial charge in [0.25, 0.3) is 0 Å². The van der Waals surface area contributed by atoms with Crippen LogP contribution in [-0.4, -0.2) is 49.4 Å². The van der Waals surface area contributed by atoms with E-state index in [-0.39, 0.29) is 5.54 Å². The number of hydrogen-bond donors (Lipinski definition) is 1. The molecule has 0 aromatic heterocycles. The Morgan fingerprint density at radius 1 is 1.33 bits per heavy atom. The van der Waals surface area contributed by atoms with E-state index in [0.717, 1.165) is 19.4 Å². The molecule has 1 fully saturated rings. The molecule has 0 amide bonds. The predicted octanol–water partition coefficient (Wildman–Crippen LogP) is 0.372. The first-order valence-corrected chi connectivity index (χ1v) is 6.99. The molecule has 0 aromatic rings. The van der Waals surface area contributed by atoms with Crippen molar-refractivity contribution in [2.45, 2.75) is 24.5 Å². The molecule has 1 heterocycles. The van der Waals surface area contributed by atoms with Crippen LogP contribution in [0.25, 0.3) is 0 Å². The van der Waals surface area contributed by atoms with E-state index in [1.54, 1.807) is 21.3 Å².